The maximum Gasteiger partial charge on any atom is 0.267 e. The number of amides is 1. The smallest absolute Gasteiger partial charge is 0.267 e. The van der Waals surface area contributed by atoms with E-state index in [-0.39, 0.29) is 6.54 Å². The van der Waals surface area contributed by atoms with E-state index < -0.39 is 11.5 Å². The Morgan fingerprint density at radius 2 is 2.00 bits per heavy atom. The molecule has 7 nitrogen and oxygen atoms in total. The predicted molar refractivity (Wildman–Crippen MR) is 76.2 cm³/mol. The SMILES string of the molecule is COc1ccc(OC)c(-c2ccc(=O)n(CC(N)=O)n2)c1. The Bertz CT molecular complexity index is 724. The fourth-order valence-corrected chi connectivity index (χ4v) is 1.87. The van der Waals surface area contributed by atoms with Gasteiger partial charge < -0.3 is 15.2 Å². The summed E-state index contributed by atoms with van der Waals surface area (Å²) in [5.74, 6) is 0.562. The summed E-state index contributed by atoms with van der Waals surface area (Å²) < 4.78 is 11.5. The zero-order valence-electron chi connectivity index (χ0n) is 11.7. The van der Waals surface area contributed by atoms with Gasteiger partial charge in [-0.15, -0.1) is 0 Å². The molecule has 0 unspecified atom stereocenters. The van der Waals surface area contributed by atoms with Crippen molar-refractivity contribution in [1.82, 2.24) is 9.78 Å². The molecule has 0 saturated heterocycles. The highest BCUT2D eigenvalue weighted by Crippen LogP contribution is 2.31. The number of hydrogen-bond acceptors (Lipinski definition) is 5. The van der Waals surface area contributed by atoms with Crippen LogP contribution in [0.4, 0.5) is 0 Å². The van der Waals surface area contributed by atoms with Gasteiger partial charge in [0.25, 0.3) is 5.56 Å². The lowest BCUT2D eigenvalue weighted by Gasteiger charge is -2.11. The molecule has 1 aromatic heterocycles. The van der Waals surface area contributed by atoms with E-state index >= 15 is 0 Å². The van der Waals surface area contributed by atoms with E-state index in [9.17, 15) is 9.59 Å². The van der Waals surface area contributed by atoms with Gasteiger partial charge in [0.2, 0.25) is 5.91 Å². The van der Waals surface area contributed by atoms with Crippen LogP contribution in [-0.2, 0) is 11.3 Å². The molecule has 2 N–H and O–H groups in total. The number of benzene rings is 1. The van der Waals surface area contributed by atoms with Crippen molar-refractivity contribution in [3.63, 3.8) is 0 Å². The van der Waals surface area contributed by atoms with E-state index in [1.54, 1.807) is 31.4 Å². The van der Waals surface area contributed by atoms with Crippen molar-refractivity contribution < 1.29 is 14.3 Å². The summed E-state index contributed by atoms with van der Waals surface area (Å²) in [7, 11) is 3.08. The van der Waals surface area contributed by atoms with Crippen LogP contribution in [0.2, 0.25) is 0 Å². The van der Waals surface area contributed by atoms with Crippen molar-refractivity contribution in [3.05, 3.63) is 40.7 Å². The minimum absolute atomic E-state index is 0.279. The predicted octanol–water partition coefficient (Wildman–Crippen LogP) is 0.413. The second kappa shape index (κ2) is 6.08. The van der Waals surface area contributed by atoms with Crippen LogP contribution in [0.15, 0.2) is 35.1 Å². The third-order valence-electron chi connectivity index (χ3n) is 2.85. The molecule has 2 rings (SSSR count). The molecule has 1 heterocycles. The minimum Gasteiger partial charge on any atom is -0.497 e. The van der Waals surface area contributed by atoms with Gasteiger partial charge in [-0.05, 0) is 24.3 Å². The molecular weight excluding hydrogens is 274 g/mol. The molecule has 0 aliphatic heterocycles. The Morgan fingerprint density at radius 3 is 2.62 bits per heavy atom. The first-order chi connectivity index (χ1) is 10.0. The Morgan fingerprint density at radius 1 is 1.24 bits per heavy atom. The Kier molecular flexibility index (Phi) is 4.22. The lowest BCUT2D eigenvalue weighted by Crippen LogP contribution is -2.29. The molecule has 2 aromatic rings. The molecule has 1 amide bonds. The van der Waals surface area contributed by atoms with Crippen molar-refractivity contribution in [3.8, 4) is 22.8 Å². The number of carbonyl (C=O) groups excluding carboxylic acids is 1. The summed E-state index contributed by atoms with van der Waals surface area (Å²) in [6.07, 6.45) is 0. The lowest BCUT2D eigenvalue weighted by molar-refractivity contribution is -0.118. The number of carbonyl (C=O) groups is 1. The molecule has 0 radical (unpaired) electrons. The average molecular weight is 289 g/mol. The molecule has 0 bridgehead atoms. The number of methoxy groups -OCH3 is 2. The third-order valence-corrected chi connectivity index (χ3v) is 2.85. The van der Waals surface area contributed by atoms with Gasteiger partial charge in [0.15, 0.2) is 0 Å². The highest BCUT2D eigenvalue weighted by molar-refractivity contribution is 5.73. The van der Waals surface area contributed by atoms with E-state index in [1.165, 1.54) is 13.2 Å². The van der Waals surface area contributed by atoms with Crippen molar-refractivity contribution in [2.24, 2.45) is 5.73 Å². The molecule has 7 heteroatoms. The maximum absolute atomic E-state index is 11.7. The molecular formula is C14H15N3O4. The first-order valence-electron chi connectivity index (χ1n) is 6.14. The lowest BCUT2D eigenvalue weighted by atomic mass is 10.1. The van der Waals surface area contributed by atoms with E-state index in [0.29, 0.717) is 22.8 Å². The molecule has 1 aromatic carbocycles. The molecule has 0 spiro atoms. The van der Waals surface area contributed by atoms with E-state index in [4.69, 9.17) is 15.2 Å². The van der Waals surface area contributed by atoms with Crippen LogP contribution in [0.5, 0.6) is 11.5 Å². The normalized spacial score (nSPS) is 10.2. The molecule has 0 aliphatic carbocycles. The number of hydrogen-bond donors (Lipinski definition) is 1. The van der Waals surface area contributed by atoms with E-state index in [2.05, 4.69) is 5.10 Å². The number of ether oxygens (including phenoxy) is 2. The number of nitrogens with zero attached hydrogens (tertiary/aromatic N) is 2. The standard InChI is InChI=1S/C14H15N3O4/c1-20-9-3-5-12(21-2)10(7-9)11-4-6-14(19)17(16-11)8-13(15)18/h3-7H,8H2,1-2H3,(H2,15,18). The largest absolute Gasteiger partial charge is 0.497 e. The summed E-state index contributed by atoms with van der Waals surface area (Å²) in [6, 6.07) is 8.10. The van der Waals surface area contributed by atoms with Gasteiger partial charge in [0.05, 0.1) is 19.9 Å². The number of primary amides is 1. The van der Waals surface area contributed by atoms with Crippen LogP contribution in [0, 0.1) is 0 Å². The van der Waals surface area contributed by atoms with Crippen molar-refractivity contribution in [2.75, 3.05) is 14.2 Å². The van der Waals surface area contributed by atoms with Gasteiger partial charge in [-0.25, -0.2) is 4.68 Å². The average Bonchev–Trinajstić information content (AvgIpc) is 2.48. The van der Waals surface area contributed by atoms with Crippen molar-refractivity contribution in [2.45, 2.75) is 6.54 Å². The number of aromatic nitrogens is 2. The monoisotopic (exact) mass is 289 g/mol. The highest BCUT2D eigenvalue weighted by atomic mass is 16.5. The summed E-state index contributed by atoms with van der Waals surface area (Å²) in [5.41, 5.74) is 5.82. The van der Waals surface area contributed by atoms with Crippen LogP contribution in [0.3, 0.4) is 0 Å². The zero-order chi connectivity index (χ0) is 15.4. The van der Waals surface area contributed by atoms with Gasteiger partial charge >= 0.3 is 0 Å². The summed E-state index contributed by atoms with van der Waals surface area (Å²) in [6.45, 7) is -0.279. The van der Waals surface area contributed by atoms with Gasteiger partial charge in [-0.3, -0.25) is 9.59 Å². The molecule has 110 valence electrons. The summed E-state index contributed by atoms with van der Waals surface area (Å²) >= 11 is 0. The molecule has 0 saturated carbocycles. The van der Waals surface area contributed by atoms with Crippen LogP contribution in [-0.4, -0.2) is 29.9 Å². The highest BCUT2D eigenvalue weighted by Gasteiger charge is 2.11. The maximum atomic E-state index is 11.7. The number of rotatable bonds is 5. The van der Waals surface area contributed by atoms with Gasteiger partial charge in [0.1, 0.15) is 18.0 Å². The quantitative estimate of drug-likeness (QED) is 0.860. The van der Waals surface area contributed by atoms with Gasteiger partial charge in [-0.1, -0.05) is 0 Å². The van der Waals surface area contributed by atoms with Gasteiger partial charge in [0, 0.05) is 11.6 Å². The fourth-order valence-electron chi connectivity index (χ4n) is 1.87. The Balaban J connectivity index is 2.55. The molecule has 0 aliphatic rings. The fraction of sp³-hybridized carbons (Fsp3) is 0.214. The molecule has 21 heavy (non-hydrogen) atoms. The first kappa shape index (κ1) is 14.6. The second-order valence-electron chi connectivity index (χ2n) is 4.25. The van der Waals surface area contributed by atoms with Crippen LogP contribution in [0.1, 0.15) is 0 Å². The van der Waals surface area contributed by atoms with Crippen LogP contribution < -0.4 is 20.8 Å². The van der Waals surface area contributed by atoms with Crippen LogP contribution in [0.25, 0.3) is 11.3 Å². The Labute approximate surface area is 120 Å². The third kappa shape index (κ3) is 3.19. The van der Waals surface area contributed by atoms with Gasteiger partial charge in [-0.2, -0.15) is 5.10 Å². The van der Waals surface area contributed by atoms with Crippen molar-refractivity contribution in [1.29, 1.82) is 0 Å². The topological polar surface area (TPSA) is 96.4 Å². The first-order valence-corrected chi connectivity index (χ1v) is 6.14. The van der Waals surface area contributed by atoms with E-state index in [0.717, 1.165) is 4.68 Å². The molecule has 0 fully saturated rings. The summed E-state index contributed by atoms with van der Waals surface area (Å²) in [5, 5.41) is 4.13. The number of nitrogens with two attached hydrogens (primary N) is 1. The van der Waals surface area contributed by atoms with Crippen LogP contribution >= 0.6 is 0 Å². The minimum atomic E-state index is -0.639. The molecule has 0 atom stereocenters. The summed E-state index contributed by atoms with van der Waals surface area (Å²) in [4.78, 5) is 22.6. The Hall–Kier alpha value is -2.83. The second-order valence-corrected chi connectivity index (χ2v) is 4.25. The van der Waals surface area contributed by atoms with Crippen molar-refractivity contribution >= 4 is 5.91 Å². The zero-order valence-corrected chi connectivity index (χ0v) is 11.7. The van der Waals surface area contributed by atoms with E-state index in [1.807, 2.05) is 0 Å².